The van der Waals surface area contributed by atoms with Gasteiger partial charge in [-0.2, -0.15) is 5.10 Å². The molecule has 16 heavy (non-hydrogen) atoms. The number of nitrogens with zero attached hydrogens (tertiary/aromatic N) is 2. The maximum Gasteiger partial charge on any atom is 0.0648 e. The van der Waals surface area contributed by atoms with Crippen molar-refractivity contribution in [1.82, 2.24) is 9.78 Å². The van der Waals surface area contributed by atoms with Gasteiger partial charge in [0, 0.05) is 5.69 Å². The highest BCUT2D eigenvalue weighted by Crippen LogP contribution is 2.13. The lowest BCUT2D eigenvalue weighted by Gasteiger charge is -2.02. The first-order valence-corrected chi connectivity index (χ1v) is 5.92. The molecular formula is C14H18N2. The Labute approximate surface area is 96.9 Å². The van der Waals surface area contributed by atoms with E-state index in [1.807, 2.05) is 22.9 Å². The largest absolute Gasteiger partial charge is 0.238 e. The van der Waals surface area contributed by atoms with Gasteiger partial charge < -0.3 is 0 Å². The number of rotatable bonds is 4. The zero-order chi connectivity index (χ0) is 11.4. The second kappa shape index (κ2) is 4.97. The first-order chi connectivity index (χ1) is 7.81. The molecule has 1 aromatic heterocycles. The van der Waals surface area contributed by atoms with Crippen molar-refractivity contribution < 1.29 is 0 Å². The van der Waals surface area contributed by atoms with E-state index in [0.717, 1.165) is 12.1 Å². The summed E-state index contributed by atoms with van der Waals surface area (Å²) in [7, 11) is 0. The summed E-state index contributed by atoms with van der Waals surface area (Å²) in [6.07, 6.45) is 3.51. The summed E-state index contributed by atoms with van der Waals surface area (Å²) in [4.78, 5) is 0. The number of para-hydroxylation sites is 1. The summed E-state index contributed by atoms with van der Waals surface area (Å²) < 4.78 is 2.02. The predicted molar refractivity (Wildman–Crippen MR) is 66.9 cm³/mol. The molecular weight excluding hydrogens is 196 g/mol. The lowest BCUT2D eigenvalue weighted by Crippen LogP contribution is -1.98. The molecule has 1 heterocycles. The van der Waals surface area contributed by atoms with E-state index < -0.39 is 0 Å². The summed E-state index contributed by atoms with van der Waals surface area (Å²) in [6, 6.07) is 12.5. The monoisotopic (exact) mass is 214 g/mol. The molecule has 0 aliphatic heterocycles. The van der Waals surface area contributed by atoms with Crippen molar-refractivity contribution in [2.24, 2.45) is 0 Å². The Morgan fingerprint density at radius 2 is 1.94 bits per heavy atom. The van der Waals surface area contributed by atoms with E-state index in [1.54, 1.807) is 0 Å². The van der Waals surface area contributed by atoms with Crippen LogP contribution in [0.5, 0.6) is 0 Å². The van der Waals surface area contributed by atoms with E-state index in [0.29, 0.717) is 0 Å². The lowest BCUT2D eigenvalue weighted by molar-refractivity contribution is 0.748. The van der Waals surface area contributed by atoms with Gasteiger partial charge in [-0.25, -0.2) is 4.68 Å². The van der Waals surface area contributed by atoms with Crippen molar-refractivity contribution in [2.45, 2.75) is 33.1 Å². The fourth-order valence-corrected chi connectivity index (χ4v) is 1.85. The fraction of sp³-hybridized carbons (Fsp3) is 0.357. The number of aromatic nitrogens is 2. The van der Waals surface area contributed by atoms with Crippen LogP contribution < -0.4 is 0 Å². The standard InChI is InChI=1S/C14H18N2/c1-3-4-8-13-11-12(2)16(15-13)14-9-6-5-7-10-14/h5-7,9-11H,3-4,8H2,1-2H3. The van der Waals surface area contributed by atoms with Crippen LogP contribution >= 0.6 is 0 Å². The molecule has 2 rings (SSSR count). The molecule has 0 radical (unpaired) electrons. The van der Waals surface area contributed by atoms with E-state index >= 15 is 0 Å². The van der Waals surface area contributed by atoms with E-state index in [9.17, 15) is 0 Å². The SMILES string of the molecule is CCCCc1cc(C)n(-c2ccccc2)n1. The first-order valence-electron chi connectivity index (χ1n) is 5.92. The van der Waals surface area contributed by atoms with Gasteiger partial charge >= 0.3 is 0 Å². The van der Waals surface area contributed by atoms with Gasteiger partial charge in [0.15, 0.2) is 0 Å². The first kappa shape index (κ1) is 10.9. The van der Waals surface area contributed by atoms with Gasteiger partial charge in [-0.15, -0.1) is 0 Å². The minimum Gasteiger partial charge on any atom is -0.238 e. The highest BCUT2D eigenvalue weighted by atomic mass is 15.3. The molecule has 0 amide bonds. The Hall–Kier alpha value is -1.57. The van der Waals surface area contributed by atoms with Crippen LogP contribution in [-0.2, 0) is 6.42 Å². The zero-order valence-corrected chi connectivity index (χ0v) is 9.98. The van der Waals surface area contributed by atoms with Crippen LogP contribution in [0.2, 0.25) is 0 Å². The molecule has 0 unspecified atom stereocenters. The molecule has 0 atom stereocenters. The second-order valence-corrected chi connectivity index (χ2v) is 4.13. The van der Waals surface area contributed by atoms with E-state index in [2.05, 4.69) is 37.1 Å². The van der Waals surface area contributed by atoms with Crippen LogP contribution in [-0.4, -0.2) is 9.78 Å². The number of aryl methyl sites for hydroxylation is 2. The molecule has 0 N–H and O–H groups in total. The van der Waals surface area contributed by atoms with Crippen LogP contribution in [0.25, 0.3) is 5.69 Å². The van der Waals surface area contributed by atoms with Crippen molar-refractivity contribution in [3.63, 3.8) is 0 Å². The van der Waals surface area contributed by atoms with Crippen LogP contribution in [0.15, 0.2) is 36.4 Å². The molecule has 2 heteroatoms. The highest BCUT2D eigenvalue weighted by Gasteiger charge is 2.04. The third-order valence-electron chi connectivity index (χ3n) is 2.73. The molecule has 0 spiro atoms. The van der Waals surface area contributed by atoms with Gasteiger partial charge in [-0.3, -0.25) is 0 Å². The van der Waals surface area contributed by atoms with Gasteiger partial charge in [-0.1, -0.05) is 31.5 Å². The lowest BCUT2D eigenvalue weighted by atomic mass is 10.2. The molecule has 0 fully saturated rings. The fourth-order valence-electron chi connectivity index (χ4n) is 1.85. The molecule has 1 aromatic carbocycles. The van der Waals surface area contributed by atoms with Crippen molar-refractivity contribution in [3.8, 4) is 5.69 Å². The van der Waals surface area contributed by atoms with Crippen molar-refractivity contribution in [2.75, 3.05) is 0 Å². The minimum atomic E-state index is 1.08. The van der Waals surface area contributed by atoms with E-state index in [1.165, 1.54) is 24.2 Å². The van der Waals surface area contributed by atoms with Crippen molar-refractivity contribution >= 4 is 0 Å². The third kappa shape index (κ3) is 2.32. The molecule has 0 bridgehead atoms. The van der Waals surface area contributed by atoms with Crippen LogP contribution in [0.1, 0.15) is 31.2 Å². The predicted octanol–water partition coefficient (Wildman–Crippen LogP) is 3.52. The Kier molecular flexibility index (Phi) is 3.40. The molecule has 2 nitrogen and oxygen atoms in total. The Balaban J connectivity index is 2.25. The average Bonchev–Trinajstić information content (AvgIpc) is 2.69. The average molecular weight is 214 g/mol. The van der Waals surface area contributed by atoms with E-state index in [-0.39, 0.29) is 0 Å². The quantitative estimate of drug-likeness (QED) is 0.761. The Morgan fingerprint density at radius 3 is 2.62 bits per heavy atom. The minimum absolute atomic E-state index is 1.08. The second-order valence-electron chi connectivity index (χ2n) is 4.13. The summed E-state index contributed by atoms with van der Waals surface area (Å²) in [5.74, 6) is 0. The molecule has 0 saturated carbocycles. The normalized spacial score (nSPS) is 10.6. The van der Waals surface area contributed by atoms with Crippen molar-refractivity contribution in [3.05, 3.63) is 47.8 Å². The smallest absolute Gasteiger partial charge is 0.0648 e. The topological polar surface area (TPSA) is 17.8 Å². The van der Waals surface area contributed by atoms with Gasteiger partial charge in [-0.05, 0) is 38.0 Å². The Bertz CT molecular complexity index is 443. The number of hydrogen-bond donors (Lipinski definition) is 0. The summed E-state index contributed by atoms with van der Waals surface area (Å²) >= 11 is 0. The number of hydrogen-bond acceptors (Lipinski definition) is 1. The van der Waals surface area contributed by atoms with E-state index in [4.69, 9.17) is 0 Å². The highest BCUT2D eigenvalue weighted by molar-refractivity contribution is 5.33. The van der Waals surface area contributed by atoms with Gasteiger partial charge in [0.2, 0.25) is 0 Å². The van der Waals surface area contributed by atoms with Crippen LogP contribution in [0, 0.1) is 6.92 Å². The van der Waals surface area contributed by atoms with Crippen molar-refractivity contribution in [1.29, 1.82) is 0 Å². The van der Waals surface area contributed by atoms with Gasteiger partial charge in [0.1, 0.15) is 0 Å². The molecule has 2 aromatic rings. The molecule has 0 aliphatic rings. The third-order valence-corrected chi connectivity index (χ3v) is 2.73. The van der Waals surface area contributed by atoms with Gasteiger partial charge in [0.05, 0.1) is 11.4 Å². The maximum absolute atomic E-state index is 4.63. The summed E-state index contributed by atoms with van der Waals surface area (Å²) in [5.41, 5.74) is 3.54. The number of unbranched alkanes of at least 4 members (excludes halogenated alkanes) is 1. The molecule has 84 valence electrons. The molecule has 0 saturated heterocycles. The van der Waals surface area contributed by atoms with Gasteiger partial charge in [0.25, 0.3) is 0 Å². The zero-order valence-electron chi connectivity index (χ0n) is 9.98. The number of benzene rings is 1. The van der Waals surface area contributed by atoms with Crippen LogP contribution in [0.4, 0.5) is 0 Å². The maximum atomic E-state index is 4.63. The van der Waals surface area contributed by atoms with Crippen LogP contribution in [0.3, 0.4) is 0 Å². The Morgan fingerprint density at radius 1 is 1.19 bits per heavy atom. The summed E-state index contributed by atoms with van der Waals surface area (Å²) in [5, 5.41) is 4.63. The molecule has 0 aliphatic carbocycles. The summed E-state index contributed by atoms with van der Waals surface area (Å²) in [6.45, 7) is 4.32.